The van der Waals surface area contributed by atoms with Crippen molar-refractivity contribution in [3.05, 3.63) is 95.1 Å². The van der Waals surface area contributed by atoms with Crippen LogP contribution in [0.25, 0.3) is 0 Å². The molecule has 0 saturated carbocycles. The van der Waals surface area contributed by atoms with E-state index in [0.29, 0.717) is 18.2 Å². The second-order valence-corrected chi connectivity index (χ2v) is 7.27. The third-order valence-corrected chi connectivity index (χ3v) is 5.34. The average Bonchev–Trinajstić information content (AvgIpc) is 2.75. The van der Waals surface area contributed by atoms with Gasteiger partial charge in [0.25, 0.3) is 0 Å². The van der Waals surface area contributed by atoms with Crippen LogP contribution in [0.2, 0.25) is 5.15 Å². The molecule has 1 amide bonds. The normalized spacial score (nSPS) is 14.4. The van der Waals surface area contributed by atoms with E-state index < -0.39 is 0 Å². The van der Waals surface area contributed by atoms with E-state index >= 15 is 0 Å². The Kier molecular flexibility index (Phi) is 5.58. The summed E-state index contributed by atoms with van der Waals surface area (Å²) in [5, 5.41) is 0.490. The summed E-state index contributed by atoms with van der Waals surface area (Å²) in [6.07, 6.45) is 0. The van der Waals surface area contributed by atoms with Crippen LogP contribution < -0.4 is 4.90 Å². The van der Waals surface area contributed by atoms with Gasteiger partial charge < -0.3 is 9.80 Å². The van der Waals surface area contributed by atoms with Crippen LogP contribution in [-0.2, 0) is 4.79 Å². The van der Waals surface area contributed by atoms with Crippen molar-refractivity contribution in [2.45, 2.75) is 5.92 Å². The van der Waals surface area contributed by atoms with E-state index in [0.717, 1.165) is 30.0 Å². The molecule has 0 bridgehead atoms. The van der Waals surface area contributed by atoms with Gasteiger partial charge in [-0.15, -0.1) is 0 Å². The quantitative estimate of drug-likeness (QED) is 0.625. The number of hydrogen-bond donors (Lipinski definition) is 0. The lowest BCUT2D eigenvalue weighted by atomic mass is 9.90. The van der Waals surface area contributed by atoms with Gasteiger partial charge in [0.05, 0.1) is 5.92 Å². The molecule has 0 aliphatic carbocycles. The Labute approximate surface area is 170 Å². The molecule has 28 heavy (non-hydrogen) atoms. The minimum Gasteiger partial charge on any atom is -0.353 e. The second-order valence-electron chi connectivity index (χ2n) is 6.89. The lowest BCUT2D eigenvalue weighted by molar-refractivity contribution is -0.132. The van der Waals surface area contributed by atoms with Crippen molar-refractivity contribution >= 4 is 23.3 Å². The summed E-state index contributed by atoms with van der Waals surface area (Å²) in [5.74, 6) is 0.733. The van der Waals surface area contributed by atoms with Gasteiger partial charge in [0.2, 0.25) is 5.91 Å². The number of hydrogen-bond acceptors (Lipinski definition) is 3. The molecule has 2 aromatic carbocycles. The molecule has 0 spiro atoms. The Hall–Kier alpha value is -2.85. The van der Waals surface area contributed by atoms with Crippen molar-refractivity contribution in [3.63, 3.8) is 0 Å². The van der Waals surface area contributed by atoms with Gasteiger partial charge in [0.1, 0.15) is 11.0 Å². The largest absolute Gasteiger partial charge is 0.353 e. The number of pyridine rings is 1. The summed E-state index contributed by atoms with van der Waals surface area (Å²) in [5.41, 5.74) is 2.05. The smallest absolute Gasteiger partial charge is 0.234 e. The van der Waals surface area contributed by atoms with Crippen LogP contribution in [0.15, 0.2) is 78.9 Å². The summed E-state index contributed by atoms with van der Waals surface area (Å²) in [6.45, 7) is 2.83. The molecular formula is C23H22ClN3O. The highest BCUT2D eigenvalue weighted by Crippen LogP contribution is 2.27. The molecule has 4 nitrogen and oxygen atoms in total. The first-order chi connectivity index (χ1) is 13.7. The molecular weight excluding hydrogens is 370 g/mol. The first-order valence-electron chi connectivity index (χ1n) is 9.48. The maximum Gasteiger partial charge on any atom is 0.234 e. The zero-order valence-electron chi connectivity index (χ0n) is 15.5. The predicted molar refractivity (Wildman–Crippen MR) is 113 cm³/mol. The summed E-state index contributed by atoms with van der Waals surface area (Å²) in [4.78, 5) is 22.0. The Balaban J connectivity index is 1.52. The van der Waals surface area contributed by atoms with Crippen LogP contribution in [0.3, 0.4) is 0 Å². The molecule has 5 heteroatoms. The van der Waals surface area contributed by atoms with E-state index in [-0.39, 0.29) is 11.8 Å². The van der Waals surface area contributed by atoms with Gasteiger partial charge in [-0.25, -0.2) is 4.98 Å². The van der Waals surface area contributed by atoms with Gasteiger partial charge in [-0.2, -0.15) is 0 Å². The molecule has 0 unspecified atom stereocenters. The minimum absolute atomic E-state index is 0.149. The monoisotopic (exact) mass is 391 g/mol. The van der Waals surface area contributed by atoms with E-state index in [4.69, 9.17) is 11.6 Å². The fourth-order valence-corrected chi connectivity index (χ4v) is 3.84. The van der Waals surface area contributed by atoms with Crippen LogP contribution in [0.1, 0.15) is 17.0 Å². The number of aromatic nitrogens is 1. The zero-order chi connectivity index (χ0) is 19.3. The number of halogens is 1. The summed E-state index contributed by atoms with van der Waals surface area (Å²) in [7, 11) is 0. The Morgan fingerprint density at radius 1 is 0.786 bits per heavy atom. The fourth-order valence-electron chi connectivity index (χ4n) is 3.68. The Bertz CT molecular complexity index is 885. The molecule has 1 fully saturated rings. The first-order valence-corrected chi connectivity index (χ1v) is 9.86. The second kappa shape index (κ2) is 8.44. The van der Waals surface area contributed by atoms with Gasteiger partial charge in [-0.3, -0.25) is 4.79 Å². The number of benzene rings is 2. The molecule has 0 N–H and O–H groups in total. The summed E-state index contributed by atoms with van der Waals surface area (Å²) >= 11 is 6.02. The van der Waals surface area contributed by atoms with Crippen LogP contribution in [0, 0.1) is 0 Å². The van der Waals surface area contributed by atoms with Crippen molar-refractivity contribution < 1.29 is 4.79 Å². The van der Waals surface area contributed by atoms with Gasteiger partial charge in [0, 0.05) is 26.2 Å². The minimum atomic E-state index is -0.279. The standard InChI is InChI=1S/C23H22ClN3O/c24-20-12-7-13-21(25-20)26-14-16-27(17-15-26)23(28)22(18-8-3-1-4-9-18)19-10-5-2-6-11-19/h1-13,22H,14-17H2. The SMILES string of the molecule is O=C(C(c1ccccc1)c1ccccc1)N1CCN(c2cccc(Cl)n2)CC1. The maximum atomic E-state index is 13.5. The number of rotatable bonds is 4. The molecule has 0 radical (unpaired) electrons. The van der Waals surface area contributed by atoms with E-state index in [1.807, 2.05) is 77.7 Å². The summed E-state index contributed by atoms with van der Waals surface area (Å²) in [6, 6.07) is 25.7. The van der Waals surface area contributed by atoms with E-state index in [1.54, 1.807) is 6.07 Å². The van der Waals surface area contributed by atoms with Gasteiger partial charge in [0.15, 0.2) is 0 Å². The Morgan fingerprint density at radius 3 is 1.89 bits per heavy atom. The van der Waals surface area contributed by atoms with Crippen LogP contribution in [0.5, 0.6) is 0 Å². The van der Waals surface area contributed by atoms with E-state index in [9.17, 15) is 4.79 Å². The lowest BCUT2D eigenvalue weighted by Gasteiger charge is -2.37. The molecule has 2 heterocycles. The van der Waals surface area contributed by atoms with E-state index in [1.165, 1.54) is 0 Å². The number of carbonyl (C=O) groups excluding carboxylic acids is 1. The van der Waals surface area contributed by atoms with Crippen molar-refractivity contribution in [1.82, 2.24) is 9.88 Å². The van der Waals surface area contributed by atoms with Crippen LogP contribution in [-0.4, -0.2) is 42.0 Å². The predicted octanol–water partition coefficient (Wildman–Crippen LogP) is 4.22. The fraction of sp³-hybridized carbons (Fsp3) is 0.217. The zero-order valence-corrected chi connectivity index (χ0v) is 16.3. The highest BCUT2D eigenvalue weighted by atomic mass is 35.5. The van der Waals surface area contributed by atoms with Crippen LogP contribution >= 0.6 is 11.6 Å². The van der Waals surface area contributed by atoms with Crippen LogP contribution in [0.4, 0.5) is 5.82 Å². The van der Waals surface area contributed by atoms with Gasteiger partial charge in [-0.1, -0.05) is 78.3 Å². The summed E-state index contributed by atoms with van der Waals surface area (Å²) < 4.78 is 0. The van der Waals surface area contributed by atoms with Crippen molar-refractivity contribution in [3.8, 4) is 0 Å². The number of nitrogens with zero attached hydrogens (tertiary/aromatic N) is 3. The number of anilines is 1. The molecule has 1 aliphatic rings. The molecule has 0 atom stereocenters. The van der Waals surface area contributed by atoms with E-state index in [2.05, 4.69) is 9.88 Å². The first kappa shape index (κ1) is 18.5. The third kappa shape index (κ3) is 4.02. The number of amides is 1. The topological polar surface area (TPSA) is 36.4 Å². The average molecular weight is 392 g/mol. The van der Waals surface area contributed by atoms with Crippen molar-refractivity contribution in [1.29, 1.82) is 0 Å². The van der Waals surface area contributed by atoms with Gasteiger partial charge >= 0.3 is 0 Å². The number of carbonyl (C=O) groups is 1. The molecule has 1 aromatic heterocycles. The van der Waals surface area contributed by atoms with Crippen molar-refractivity contribution in [2.75, 3.05) is 31.1 Å². The van der Waals surface area contributed by atoms with Crippen molar-refractivity contribution in [2.24, 2.45) is 0 Å². The van der Waals surface area contributed by atoms with Gasteiger partial charge in [-0.05, 0) is 23.3 Å². The number of piperazine rings is 1. The highest BCUT2D eigenvalue weighted by molar-refractivity contribution is 6.29. The molecule has 4 rings (SSSR count). The Morgan fingerprint density at radius 2 is 1.36 bits per heavy atom. The molecule has 1 saturated heterocycles. The third-order valence-electron chi connectivity index (χ3n) is 5.13. The lowest BCUT2D eigenvalue weighted by Crippen LogP contribution is -2.50. The molecule has 1 aliphatic heterocycles. The maximum absolute atomic E-state index is 13.5. The molecule has 3 aromatic rings. The molecule has 142 valence electrons. The highest BCUT2D eigenvalue weighted by Gasteiger charge is 2.30.